The Morgan fingerprint density at radius 1 is 1.57 bits per heavy atom. The highest BCUT2D eigenvalue weighted by molar-refractivity contribution is 5.97. The van der Waals surface area contributed by atoms with E-state index in [2.05, 4.69) is 5.32 Å². The van der Waals surface area contributed by atoms with Crippen LogP contribution in [-0.2, 0) is 14.3 Å². The van der Waals surface area contributed by atoms with Crippen molar-refractivity contribution in [2.24, 2.45) is 0 Å². The predicted molar refractivity (Wildman–Crippen MR) is 51.6 cm³/mol. The van der Waals surface area contributed by atoms with Crippen LogP contribution in [-0.4, -0.2) is 24.9 Å². The molecule has 78 valence electrons. The van der Waals surface area contributed by atoms with E-state index in [9.17, 15) is 9.59 Å². The second-order valence-electron chi connectivity index (χ2n) is 3.13. The SMILES string of the molecule is CCOC(=O)CN/C=C1/CCCC1=O. The first kappa shape index (κ1) is 10.8. The third-order valence-corrected chi connectivity index (χ3v) is 2.04. The maximum absolute atomic E-state index is 11.2. The molecule has 0 heterocycles. The Hall–Kier alpha value is -1.32. The van der Waals surface area contributed by atoms with Crippen molar-refractivity contribution in [3.63, 3.8) is 0 Å². The molecular formula is C10H15NO3. The van der Waals surface area contributed by atoms with E-state index in [1.165, 1.54) is 0 Å². The molecular weight excluding hydrogens is 182 g/mol. The molecule has 0 aromatic carbocycles. The largest absolute Gasteiger partial charge is 0.465 e. The minimum Gasteiger partial charge on any atom is -0.465 e. The fraction of sp³-hybridized carbons (Fsp3) is 0.600. The van der Waals surface area contributed by atoms with Crippen molar-refractivity contribution in [3.8, 4) is 0 Å². The van der Waals surface area contributed by atoms with Gasteiger partial charge in [-0.25, -0.2) is 0 Å². The molecule has 0 unspecified atom stereocenters. The van der Waals surface area contributed by atoms with E-state index in [4.69, 9.17) is 4.74 Å². The number of carbonyl (C=O) groups excluding carboxylic acids is 2. The smallest absolute Gasteiger partial charge is 0.325 e. The van der Waals surface area contributed by atoms with Crippen LogP contribution < -0.4 is 5.32 Å². The monoisotopic (exact) mass is 197 g/mol. The minimum absolute atomic E-state index is 0.130. The van der Waals surface area contributed by atoms with Crippen LogP contribution in [0.4, 0.5) is 0 Å². The summed E-state index contributed by atoms with van der Waals surface area (Å²) in [5.74, 6) is -0.115. The molecule has 0 aromatic heterocycles. The normalized spacial score (nSPS) is 18.6. The molecule has 0 atom stereocenters. The van der Waals surface area contributed by atoms with E-state index in [0.29, 0.717) is 13.0 Å². The number of hydrogen-bond donors (Lipinski definition) is 1. The van der Waals surface area contributed by atoms with Gasteiger partial charge in [-0.1, -0.05) is 0 Å². The topological polar surface area (TPSA) is 55.4 Å². The number of allylic oxidation sites excluding steroid dienone is 1. The number of hydrogen-bond acceptors (Lipinski definition) is 4. The Kier molecular flexibility index (Phi) is 4.16. The van der Waals surface area contributed by atoms with Gasteiger partial charge < -0.3 is 10.1 Å². The molecule has 1 fully saturated rings. The molecule has 0 spiro atoms. The zero-order valence-electron chi connectivity index (χ0n) is 8.34. The average molecular weight is 197 g/mol. The molecule has 14 heavy (non-hydrogen) atoms. The van der Waals surface area contributed by atoms with Crippen molar-refractivity contribution in [2.45, 2.75) is 26.2 Å². The standard InChI is InChI=1S/C10H15NO3/c1-2-14-10(13)7-11-6-8-4-3-5-9(8)12/h6,11H,2-5,7H2,1H3/b8-6-. The lowest BCUT2D eigenvalue weighted by molar-refractivity contribution is -0.141. The van der Waals surface area contributed by atoms with Crippen molar-refractivity contribution >= 4 is 11.8 Å². The van der Waals surface area contributed by atoms with Crippen LogP contribution >= 0.6 is 0 Å². The van der Waals surface area contributed by atoms with E-state index in [0.717, 1.165) is 18.4 Å². The summed E-state index contributed by atoms with van der Waals surface area (Å²) in [5, 5.41) is 2.78. The van der Waals surface area contributed by atoms with Crippen molar-refractivity contribution in [1.82, 2.24) is 5.32 Å². The van der Waals surface area contributed by atoms with E-state index >= 15 is 0 Å². The molecule has 1 aliphatic carbocycles. The van der Waals surface area contributed by atoms with Gasteiger partial charge in [0.05, 0.1) is 6.61 Å². The van der Waals surface area contributed by atoms with Crippen LogP contribution in [0.1, 0.15) is 26.2 Å². The van der Waals surface area contributed by atoms with Gasteiger partial charge in [-0.15, -0.1) is 0 Å². The first-order valence-electron chi connectivity index (χ1n) is 4.85. The summed E-state index contributed by atoms with van der Waals surface area (Å²) >= 11 is 0. The maximum Gasteiger partial charge on any atom is 0.325 e. The van der Waals surface area contributed by atoms with Gasteiger partial charge in [-0.05, 0) is 19.8 Å². The Balaban J connectivity index is 2.25. The molecule has 0 aliphatic heterocycles. The van der Waals surface area contributed by atoms with E-state index in [1.807, 2.05) is 0 Å². The van der Waals surface area contributed by atoms with E-state index in [-0.39, 0.29) is 18.3 Å². The lowest BCUT2D eigenvalue weighted by Gasteiger charge is -2.01. The van der Waals surface area contributed by atoms with Gasteiger partial charge >= 0.3 is 5.97 Å². The summed E-state index contributed by atoms with van der Waals surface area (Å²) in [6.07, 6.45) is 4.00. The van der Waals surface area contributed by atoms with Crippen molar-refractivity contribution in [1.29, 1.82) is 0 Å². The van der Waals surface area contributed by atoms with Crippen molar-refractivity contribution in [3.05, 3.63) is 11.8 Å². The number of rotatable bonds is 4. The zero-order valence-corrected chi connectivity index (χ0v) is 8.34. The second kappa shape index (κ2) is 5.42. The molecule has 1 aliphatic rings. The summed E-state index contributed by atoms with van der Waals surface area (Å²) < 4.78 is 4.72. The molecule has 1 N–H and O–H groups in total. The Bertz CT molecular complexity index is 258. The lowest BCUT2D eigenvalue weighted by Crippen LogP contribution is -2.21. The third-order valence-electron chi connectivity index (χ3n) is 2.04. The van der Waals surface area contributed by atoms with Crippen LogP contribution in [0.5, 0.6) is 0 Å². The van der Waals surface area contributed by atoms with Crippen LogP contribution in [0.25, 0.3) is 0 Å². The van der Waals surface area contributed by atoms with E-state index in [1.54, 1.807) is 13.1 Å². The van der Waals surface area contributed by atoms with Crippen molar-refractivity contribution in [2.75, 3.05) is 13.2 Å². The molecule has 0 saturated heterocycles. The first-order valence-corrected chi connectivity index (χ1v) is 4.85. The van der Waals surface area contributed by atoms with Crippen LogP contribution in [0.15, 0.2) is 11.8 Å². The number of ketones is 1. The van der Waals surface area contributed by atoms with Crippen LogP contribution in [0.2, 0.25) is 0 Å². The molecule has 0 radical (unpaired) electrons. The average Bonchev–Trinajstić information content (AvgIpc) is 2.52. The van der Waals surface area contributed by atoms with Gasteiger partial charge in [-0.2, -0.15) is 0 Å². The van der Waals surface area contributed by atoms with Crippen molar-refractivity contribution < 1.29 is 14.3 Å². The third kappa shape index (κ3) is 3.20. The van der Waals surface area contributed by atoms with Gasteiger partial charge in [0.25, 0.3) is 0 Å². The minimum atomic E-state index is -0.296. The fourth-order valence-electron chi connectivity index (χ4n) is 1.36. The number of Topliss-reactive ketones (excluding diaryl/α,β-unsaturated/α-hetero) is 1. The lowest BCUT2D eigenvalue weighted by atomic mass is 10.2. The first-order chi connectivity index (χ1) is 6.74. The highest BCUT2D eigenvalue weighted by Crippen LogP contribution is 2.18. The molecule has 1 saturated carbocycles. The van der Waals surface area contributed by atoms with Gasteiger partial charge in [0, 0.05) is 18.2 Å². The predicted octanol–water partition coefficient (Wildman–Crippen LogP) is 0.776. The van der Waals surface area contributed by atoms with Crippen LogP contribution in [0, 0.1) is 0 Å². The van der Waals surface area contributed by atoms with Gasteiger partial charge in [0.1, 0.15) is 6.54 Å². The summed E-state index contributed by atoms with van der Waals surface area (Å²) in [5.41, 5.74) is 0.786. The summed E-state index contributed by atoms with van der Waals surface area (Å²) in [6.45, 7) is 2.28. The number of ether oxygens (including phenoxy) is 1. The second-order valence-corrected chi connectivity index (χ2v) is 3.13. The van der Waals surface area contributed by atoms with Gasteiger partial charge in [0.15, 0.2) is 5.78 Å². The molecule has 1 rings (SSSR count). The Morgan fingerprint density at radius 3 is 2.93 bits per heavy atom. The summed E-state index contributed by atoms with van der Waals surface area (Å²) in [4.78, 5) is 22.1. The van der Waals surface area contributed by atoms with E-state index < -0.39 is 0 Å². The van der Waals surface area contributed by atoms with Gasteiger partial charge in [-0.3, -0.25) is 9.59 Å². The summed E-state index contributed by atoms with van der Waals surface area (Å²) in [7, 11) is 0. The molecule has 0 amide bonds. The zero-order chi connectivity index (χ0) is 10.4. The molecule has 0 aromatic rings. The van der Waals surface area contributed by atoms with Gasteiger partial charge in [0.2, 0.25) is 0 Å². The maximum atomic E-state index is 11.2. The number of carbonyl (C=O) groups is 2. The Labute approximate surface area is 83.3 Å². The molecule has 4 nitrogen and oxygen atoms in total. The summed E-state index contributed by atoms with van der Waals surface area (Å²) in [6, 6.07) is 0. The molecule has 0 bridgehead atoms. The highest BCUT2D eigenvalue weighted by Gasteiger charge is 2.16. The quantitative estimate of drug-likeness (QED) is 0.534. The number of esters is 1. The fourth-order valence-corrected chi connectivity index (χ4v) is 1.36. The molecule has 4 heteroatoms. The van der Waals surface area contributed by atoms with Crippen LogP contribution in [0.3, 0.4) is 0 Å². The highest BCUT2D eigenvalue weighted by atomic mass is 16.5. The number of nitrogens with one attached hydrogen (secondary N) is 1. The Morgan fingerprint density at radius 2 is 2.36 bits per heavy atom.